The summed E-state index contributed by atoms with van der Waals surface area (Å²) in [4.78, 5) is 35.0. The Kier molecular flexibility index (Phi) is 7.86. The van der Waals surface area contributed by atoms with Gasteiger partial charge in [0.15, 0.2) is 17.3 Å². The van der Waals surface area contributed by atoms with Gasteiger partial charge in [0.2, 0.25) is 5.91 Å². The van der Waals surface area contributed by atoms with Gasteiger partial charge in [-0.05, 0) is 44.0 Å². The Bertz CT molecular complexity index is 1760. The number of para-hydroxylation sites is 1. The minimum Gasteiger partial charge on any atom is -0.494 e. The number of ether oxygens (including phenoxy) is 1. The van der Waals surface area contributed by atoms with Crippen LogP contribution in [0.4, 0.5) is 23.0 Å². The molecule has 0 bridgehead atoms. The van der Waals surface area contributed by atoms with Crippen LogP contribution >= 0.6 is 0 Å². The third-order valence-electron chi connectivity index (χ3n) is 7.88. The zero-order chi connectivity index (χ0) is 30.8. The normalized spacial score (nSPS) is 17.7. The summed E-state index contributed by atoms with van der Waals surface area (Å²) in [6, 6.07) is 12.9. The summed E-state index contributed by atoms with van der Waals surface area (Å²) in [6.45, 7) is 10.7. The Balaban J connectivity index is 1.21. The fraction of sp³-hybridized carbons (Fsp3) is 0.333. The van der Waals surface area contributed by atoms with Crippen LogP contribution in [0.25, 0.3) is 16.1 Å². The highest BCUT2D eigenvalue weighted by molar-refractivity contribution is 6.00. The highest BCUT2D eigenvalue weighted by Gasteiger charge is 2.38. The smallest absolute Gasteiger partial charge is 0.273 e. The van der Waals surface area contributed by atoms with Crippen LogP contribution < -0.4 is 20.7 Å². The van der Waals surface area contributed by atoms with Crippen molar-refractivity contribution in [1.82, 2.24) is 40.4 Å². The van der Waals surface area contributed by atoms with Crippen molar-refractivity contribution in [3.8, 4) is 17.0 Å². The molecule has 6 rings (SSSR count). The molecule has 4 heterocycles. The van der Waals surface area contributed by atoms with E-state index in [4.69, 9.17) is 11.3 Å². The number of rotatable bonds is 10. The predicted molar refractivity (Wildman–Crippen MR) is 161 cm³/mol. The second-order valence-electron chi connectivity index (χ2n) is 10.8. The monoisotopic (exact) mass is 593 g/mol. The molecule has 0 radical (unpaired) electrons. The standard InChI is InChI=1S/C30H31N11O3/c1-17-24(16-40(17)14-19-7-5-10-25(31-2)33-19)41-15-23(36-39-41)20-8-6-9-21(28(20)44-4)34-22-13-26(35-29(42)18-11-12-18)37-38-27(22)30(43)32-3/h5-10,13,15,17-18,24H,11-12,14,16H2,1,3-4H3,(H,32,43)(H2,34,35,37,42)/t17-,24+/m1/s1. The molecular formula is C30H31N11O3. The molecule has 0 spiro atoms. The summed E-state index contributed by atoms with van der Waals surface area (Å²) in [5.74, 6) is 0.574. The molecule has 4 aromatic rings. The van der Waals surface area contributed by atoms with E-state index in [-0.39, 0.29) is 35.4 Å². The lowest BCUT2D eigenvalue weighted by Gasteiger charge is -2.45. The molecule has 44 heavy (non-hydrogen) atoms. The number of nitrogens with zero attached hydrogens (tertiary/aromatic N) is 8. The minimum absolute atomic E-state index is 0.0116. The highest BCUT2D eigenvalue weighted by Crippen LogP contribution is 2.39. The van der Waals surface area contributed by atoms with Gasteiger partial charge in [-0.3, -0.25) is 14.5 Å². The molecule has 1 saturated carbocycles. The first-order valence-corrected chi connectivity index (χ1v) is 14.2. The van der Waals surface area contributed by atoms with Gasteiger partial charge in [0, 0.05) is 37.2 Å². The summed E-state index contributed by atoms with van der Waals surface area (Å²) in [5.41, 5.74) is 3.17. The van der Waals surface area contributed by atoms with Crippen LogP contribution in [0.2, 0.25) is 0 Å². The van der Waals surface area contributed by atoms with Gasteiger partial charge in [-0.2, -0.15) is 0 Å². The lowest BCUT2D eigenvalue weighted by molar-refractivity contribution is -0.117. The Hall–Kier alpha value is -5.42. The molecule has 2 atom stereocenters. The molecule has 0 unspecified atom stereocenters. The fourth-order valence-corrected chi connectivity index (χ4v) is 5.18. The SMILES string of the molecule is [C-]#[N+]c1cccc(CN2C[C@H](n3cc(-c4cccc(Nc5cc(NC(=O)C6CC6)nnc5C(=O)NC)c4OC)nn3)[C@H]2C)n1. The number of amides is 2. The van der Waals surface area contributed by atoms with Crippen LogP contribution in [-0.2, 0) is 11.3 Å². The van der Waals surface area contributed by atoms with Crippen LogP contribution in [0.1, 0.15) is 42.0 Å². The quantitative estimate of drug-likeness (QED) is 0.232. The molecule has 3 aromatic heterocycles. The van der Waals surface area contributed by atoms with E-state index in [0.29, 0.717) is 40.7 Å². The predicted octanol–water partition coefficient (Wildman–Crippen LogP) is 3.59. The van der Waals surface area contributed by atoms with Gasteiger partial charge >= 0.3 is 0 Å². The van der Waals surface area contributed by atoms with E-state index in [1.807, 2.05) is 41.2 Å². The molecule has 224 valence electrons. The van der Waals surface area contributed by atoms with Gasteiger partial charge in [0.05, 0.1) is 37.3 Å². The van der Waals surface area contributed by atoms with Crippen molar-refractivity contribution < 1.29 is 14.3 Å². The summed E-state index contributed by atoms with van der Waals surface area (Å²) in [7, 11) is 3.07. The maximum Gasteiger partial charge on any atom is 0.273 e. The van der Waals surface area contributed by atoms with E-state index in [2.05, 4.69) is 58.1 Å². The molecule has 2 amide bonds. The largest absolute Gasteiger partial charge is 0.494 e. The Labute approximate surface area is 253 Å². The number of anilines is 3. The fourth-order valence-electron chi connectivity index (χ4n) is 5.18. The lowest BCUT2D eigenvalue weighted by atomic mass is 9.98. The topological polar surface area (TPSA) is 156 Å². The molecule has 14 nitrogen and oxygen atoms in total. The highest BCUT2D eigenvalue weighted by atomic mass is 16.5. The second kappa shape index (κ2) is 12.1. The lowest BCUT2D eigenvalue weighted by Crippen LogP contribution is -2.54. The number of carbonyl (C=O) groups is 2. The number of nitrogens with one attached hydrogen (secondary N) is 3. The van der Waals surface area contributed by atoms with Crippen molar-refractivity contribution in [1.29, 1.82) is 0 Å². The number of benzene rings is 1. The maximum atomic E-state index is 12.6. The second-order valence-corrected chi connectivity index (χ2v) is 10.8. The van der Waals surface area contributed by atoms with Crippen molar-refractivity contribution >= 4 is 34.8 Å². The number of likely N-dealkylation sites (tertiary alicyclic amines) is 1. The number of methoxy groups -OCH3 is 1. The number of carbonyl (C=O) groups excluding carboxylic acids is 2. The molecule has 2 fully saturated rings. The number of pyridine rings is 1. The zero-order valence-corrected chi connectivity index (χ0v) is 24.5. The van der Waals surface area contributed by atoms with Crippen molar-refractivity contribution in [3.05, 3.63) is 71.5 Å². The van der Waals surface area contributed by atoms with Gasteiger partial charge in [0.25, 0.3) is 11.7 Å². The molecular weight excluding hydrogens is 562 g/mol. The molecule has 1 saturated heterocycles. The third-order valence-corrected chi connectivity index (χ3v) is 7.88. The van der Waals surface area contributed by atoms with Crippen LogP contribution in [-0.4, -0.2) is 73.6 Å². The van der Waals surface area contributed by atoms with E-state index >= 15 is 0 Å². The van der Waals surface area contributed by atoms with E-state index in [1.165, 1.54) is 7.05 Å². The molecule has 1 aromatic carbocycles. The van der Waals surface area contributed by atoms with E-state index in [9.17, 15) is 9.59 Å². The van der Waals surface area contributed by atoms with E-state index in [1.54, 1.807) is 19.2 Å². The zero-order valence-electron chi connectivity index (χ0n) is 24.5. The Morgan fingerprint density at radius 2 is 1.93 bits per heavy atom. The third kappa shape index (κ3) is 5.77. The Morgan fingerprint density at radius 3 is 2.66 bits per heavy atom. The average molecular weight is 594 g/mol. The molecule has 14 heteroatoms. The van der Waals surface area contributed by atoms with Gasteiger partial charge in [0.1, 0.15) is 11.4 Å². The Morgan fingerprint density at radius 1 is 1.11 bits per heavy atom. The van der Waals surface area contributed by atoms with Crippen LogP contribution in [0, 0.1) is 12.5 Å². The first-order valence-electron chi connectivity index (χ1n) is 14.2. The first-order chi connectivity index (χ1) is 21.4. The number of hydrogen-bond donors (Lipinski definition) is 3. The summed E-state index contributed by atoms with van der Waals surface area (Å²) >= 11 is 0. The minimum atomic E-state index is -0.434. The molecule has 1 aliphatic carbocycles. The maximum absolute atomic E-state index is 12.6. The summed E-state index contributed by atoms with van der Waals surface area (Å²) in [6.07, 6.45) is 3.60. The van der Waals surface area contributed by atoms with Crippen LogP contribution in [0.3, 0.4) is 0 Å². The summed E-state index contributed by atoms with van der Waals surface area (Å²) < 4.78 is 7.68. The van der Waals surface area contributed by atoms with E-state index < -0.39 is 5.91 Å². The molecule has 1 aliphatic heterocycles. The average Bonchev–Trinajstić information content (AvgIpc) is 3.80. The van der Waals surface area contributed by atoms with Gasteiger partial charge in [-0.15, -0.1) is 20.3 Å². The van der Waals surface area contributed by atoms with Crippen molar-refractivity contribution in [3.63, 3.8) is 0 Å². The molecule has 3 N–H and O–H groups in total. The van der Waals surface area contributed by atoms with Gasteiger partial charge < -0.3 is 25.5 Å². The van der Waals surface area contributed by atoms with Crippen molar-refractivity contribution in [2.24, 2.45) is 5.92 Å². The summed E-state index contributed by atoms with van der Waals surface area (Å²) in [5, 5.41) is 25.6. The van der Waals surface area contributed by atoms with Gasteiger partial charge in [-0.25, -0.2) is 4.68 Å². The first kappa shape index (κ1) is 28.7. The van der Waals surface area contributed by atoms with E-state index in [0.717, 1.165) is 25.1 Å². The van der Waals surface area contributed by atoms with Crippen LogP contribution in [0.5, 0.6) is 5.75 Å². The van der Waals surface area contributed by atoms with Gasteiger partial charge in [-0.1, -0.05) is 23.9 Å². The molecule has 2 aliphatic rings. The van der Waals surface area contributed by atoms with Crippen LogP contribution in [0.15, 0.2) is 48.7 Å². The van der Waals surface area contributed by atoms with Crippen molar-refractivity contribution in [2.75, 3.05) is 31.3 Å². The number of aromatic nitrogens is 6. The number of hydrogen-bond acceptors (Lipinski definition) is 10. The van der Waals surface area contributed by atoms with Crippen molar-refractivity contribution in [2.45, 2.75) is 38.4 Å².